The van der Waals surface area contributed by atoms with Crippen molar-refractivity contribution < 1.29 is 17.6 Å². The van der Waals surface area contributed by atoms with E-state index in [1.165, 1.54) is 17.7 Å². The normalized spacial score (nSPS) is 12.4. The van der Waals surface area contributed by atoms with Crippen molar-refractivity contribution in [1.29, 1.82) is 0 Å². The molecule has 0 aliphatic carbocycles. The summed E-state index contributed by atoms with van der Waals surface area (Å²) >= 11 is 1.09. The Labute approximate surface area is 160 Å². The number of thioether (sulfide) groups is 1. The van der Waals surface area contributed by atoms with Crippen LogP contribution in [-0.2, 0) is 17.3 Å². The van der Waals surface area contributed by atoms with Crippen molar-refractivity contribution in [3.8, 4) is 11.5 Å². The quantitative estimate of drug-likeness (QED) is 0.485. The summed E-state index contributed by atoms with van der Waals surface area (Å²) in [6, 6.07) is 13.3. The molecule has 3 aromatic rings. The van der Waals surface area contributed by atoms with Crippen LogP contribution in [0.1, 0.15) is 37.5 Å². The second-order valence-electron chi connectivity index (χ2n) is 7.14. The lowest BCUT2D eigenvalue weighted by molar-refractivity contribution is -0.138. The van der Waals surface area contributed by atoms with Crippen LogP contribution in [0, 0.1) is 0 Å². The van der Waals surface area contributed by atoms with Crippen LogP contribution in [-0.4, -0.2) is 10.2 Å². The molecule has 0 radical (unpaired) electrons. The highest BCUT2D eigenvalue weighted by molar-refractivity contribution is 7.98. The topological polar surface area (TPSA) is 38.9 Å². The molecule has 7 heteroatoms. The molecule has 1 aromatic heterocycles. The number of rotatable bonds is 4. The highest BCUT2D eigenvalue weighted by atomic mass is 32.2. The third kappa shape index (κ3) is 4.71. The minimum atomic E-state index is -4.38. The Balaban J connectivity index is 1.72. The van der Waals surface area contributed by atoms with Gasteiger partial charge in [0.2, 0.25) is 5.89 Å². The maximum atomic E-state index is 13.1. The van der Waals surface area contributed by atoms with Gasteiger partial charge < -0.3 is 4.42 Å². The molecule has 0 amide bonds. The van der Waals surface area contributed by atoms with Gasteiger partial charge in [-0.25, -0.2) is 0 Å². The number of aromatic nitrogens is 2. The van der Waals surface area contributed by atoms with Gasteiger partial charge in [-0.2, -0.15) is 13.2 Å². The highest BCUT2D eigenvalue weighted by Gasteiger charge is 2.32. The zero-order valence-corrected chi connectivity index (χ0v) is 16.0. The molecule has 0 bridgehead atoms. The molecule has 142 valence electrons. The van der Waals surface area contributed by atoms with Crippen molar-refractivity contribution in [3.63, 3.8) is 0 Å². The SMILES string of the molecule is CC(C)(C)c1ccc(-c2nnc(SCc3ccccc3C(F)(F)F)o2)cc1. The van der Waals surface area contributed by atoms with Gasteiger partial charge >= 0.3 is 6.18 Å². The molecule has 0 unspecified atom stereocenters. The molecule has 0 N–H and O–H groups in total. The van der Waals surface area contributed by atoms with Crippen molar-refractivity contribution in [2.45, 2.75) is 43.3 Å². The van der Waals surface area contributed by atoms with E-state index in [2.05, 4.69) is 31.0 Å². The van der Waals surface area contributed by atoms with E-state index in [0.717, 1.165) is 23.4 Å². The number of hydrogen-bond donors (Lipinski definition) is 0. The standard InChI is InChI=1S/C20H19F3N2OS/c1-19(2,3)15-10-8-13(9-11-15)17-24-25-18(26-17)27-12-14-6-4-5-7-16(14)20(21,22)23/h4-11H,12H2,1-3H3. The van der Waals surface area contributed by atoms with Crippen LogP contribution in [0.15, 0.2) is 58.2 Å². The van der Waals surface area contributed by atoms with E-state index < -0.39 is 11.7 Å². The van der Waals surface area contributed by atoms with Crippen LogP contribution in [0.3, 0.4) is 0 Å². The minimum absolute atomic E-state index is 0.0419. The zero-order chi connectivity index (χ0) is 19.7. The summed E-state index contributed by atoms with van der Waals surface area (Å²) in [6.45, 7) is 6.38. The summed E-state index contributed by atoms with van der Waals surface area (Å²) in [5.74, 6) is 0.447. The van der Waals surface area contributed by atoms with Crippen LogP contribution in [0.25, 0.3) is 11.5 Å². The van der Waals surface area contributed by atoms with E-state index in [0.29, 0.717) is 5.89 Å². The summed E-state index contributed by atoms with van der Waals surface area (Å²) < 4.78 is 44.8. The van der Waals surface area contributed by atoms with E-state index in [-0.39, 0.29) is 22.0 Å². The van der Waals surface area contributed by atoms with Gasteiger partial charge in [0.25, 0.3) is 5.22 Å². The molecule has 0 fully saturated rings. The molecule has 2 aromatic carbocycles. The fraction of sp³-hybridized carbons (Fsp3) is 0.300. The second-order valence-corrected chi connectivity index (χ2v) is 8.07. The summed E-state index contributed by atoms with van der Waals surface area (Å²) in [6.07, 6.45) is -4.38. The summed E-state index contributed by atoms with van der Waals surface area (Å²) in [5, 5.41) is 8.18. The molecule has 27 heavy (non-hydrogen) atoms. The largest absolute Gasteiger partial charge is 0.416 e. The Morgan fingerprint density at radius 2 is 1.59 bits per heavy atom. The van der Waals surface area contributed by atoms with E-state index in [1.807, 2.05) is 24.3 Å². The molecule has 0 spiro atoms. The second kappa shape index (κ2) is 7.38. The summed E-state index contributed by atoms with van der Waals surface area (Å²) in [7, 11) is 0. The predicted molar refractivity (Wildman–Crippen MR) is 99.4 cm³/mol. The van der Waals surface area contributed by atoms with E-state index >= 15 is 0 Å². The average Bonchev–Trinajstić information content (AvgIpc) is 3.08. The lowest BCUT2D eigenvalue weighted by atomic mass is 9.87. The van der Waals surface area contributed by atoms with Crippen molar-refractivity contribution in [3.05, 3.63) is 65.2 Å². The average molecular weight is 392 g/mol. The van der Waals surface area contributed by atoms with Crippen molar-refractivity contribution in [2.24, 2.45) is 0 Å². The summed E-state index contributed by atoms with van der Waals surface area (Å²) in [4.78, 5) is 0. The first-order valence-electron chi connectivity index (χ1n) is 8.37. The Bertz CT molecular complexity index is 912. The molecule has 3 rings (SSSR count). The molecule has 3 nitrogen and oxygen atoms in total. The number of benzene rings is 2. The van der Waals surface area contributed by atoms with Crippen LogP contribution in [0.2, 0.25) is 0 Å². The number of halogens is 3. The van der Waals surface area contributed by atoms with E-state index in [9.17, 15) is 13.2 Å². The molecule has 0 aliphatic rings. The van der Waals surface area contributed by atoms with Crippen LogP contribution in [0.4, 0.5) is 13.2 Å². The molecule has 0 saturated carbocycles. The fourth-order valence-electron chi connectivity index (χ4n) is 2.56. The van der Waals surface area contributed by atoms with E-state index in [4.69, 9.17) is 4.42 Å². The molecule has 0 saturated heterocycles. The van der Waals surface area contributed by atoms with Gasteiger partial charge in [-0.05, 0) is 34.7 Å². The minimum Gasteiger partial charge on any atom is -0.411 e. The monoisotopic (exact) mass is 392 g/mol. The maximum Gasteiger partial charge on any atom is 0.416 e. The van der Waals surface area contributed by atoms with Gasteiger partial charge in [-0.15, -0.1) is 10.2 Å². The van der Waals surface area contributed by atoms with E-state index in [1.54, 1.807) is 6.07 Å². The van der Waals surface area contributed by atoms with Crippen LogP contribution in [0.5, 0.6) is 0 Å². The zero-order valence-electron chi connectivity index (χ0n) is 15.2. The van der Waals surface area contributed by atoms with Gasteiger partial charge in [0.05, 0.1) is 5.56 Å². The van der Waals surface area contributed by atoms with Gasteiger partial charge in [0, 0.05) is 11.3 Å². The molecule has 0 aliphatic heterocycles. The highest BCUT2D eigenvalue weighted by Crippen LogP contribution is 2.35. The Hall–Kier alpha value is -2.28. The summed E-state index contributed by atoms with van der Waals surface area (Å²) in [5.41, 5.74) is 1.54. The maximum absolute atomic E-state index is 13.1. The Morgan fingerprint density at radius 3 is 2.22 bits per heavy atom. The molecular weight excluding hydrogens is 373 g/mol. The lowest BCUT2D eigenvalue weighted by Crippen LogP contribution is -2.10. The lowest BCUT2D eigenvalue weighted by Gasteiger charge is -2.18. The van der Waals surface area contributed by atoms with Crippen LogP contribution >= 0.6 is 11.8 Å². The Morgan fingerprint density at radius 1 is 0.926 bits per heavy atom. The number of hydrogen-bond acceptors (Lipinski definition) is 4. The first kappa shape index (κ1) is 19.5. The van der Waals surface area contributed by atoms with Gasteiger partial charge in [0.15, 0.2) is 0 Å². The van der Waals surface area contributed by atoms with Crippen molar-refractivity contribution in [2.75, 3.05) is 0 Å². The smallest absolute Gasteiger partial charge is 0.411 e. The van der Waals surface area contributed by atoms with Crippen LogP contribution < -0.4 is 0 Å². The molecular formula is C20H19F3N2OS. The van der Waals surface area contributed by atoms with Gasteiger partial charge in [-0.1, -0.05) is 62.9 Å². The predicted octanol–water partition coefficient (Wildman–Crippen LogP) is 6.35. The molecule has 1 heterocycles. The van der Waals surface area contributed by atoms with Gasteiger partial charge in [-0.3, -0.25) is 0 Å². The first-order chi connectivity index (χ1) is 12.6. The van der Waals surface area contributed by atoms with Crippen molar-refractivity contribution in [1.82, 2.24) is 10.2 Å². The first-order valence-corrected chi connectivity index (χ1v) is 9.35. The number of alkyl halides is 3. The third-order valence-electron chi connectivity index (χ3n) is 4.08. The fourth-order valence-corrected chi connectivity index (χ4v) is 3.33. The Kier molecular flexibility index (Phi) is 5.33. The van der Waals surface area contributed by atoms with Crippen molar-refractivity contribution >= 4 is 11.8 Å². The third-order valence-corrected chi connectivity index (χ3v) is 4.95. The van der Waals surface area contributed by atoms with Gasteiger partial charge in [0.1, 0.15) is 0 Å². The molecule has 0 atom stereocenters. The number of nitrogens with zero attached hydrogens (tertiary/aromatic N) is 2.